The van der Waals surface area contributed by atoms with E-state index in [1.54, 1.807) is 14.0 Å². The maximum absolute atomic E-state index is 11.6. The van der Waals surface area contributed by atoms with Gasteiger partial charge in [-0.25, -0.2) is 0 Å². The third-order valence-electron chi connectivity index (χ3n) is 2.93. The maximum Gasteiger partial charge on any atom is 0.339 e. The van der Waals surface area contributed by atoms with Gasteiger partial charge < -0.3 is 11.1 Å². The van der Waals surface area contributed by atoms with E-state index in [4.69, 9.17) is 5.73 Å². The van der Waals surface area contributed by atoms with E-state index < -0.39 is 22.6 Å². The van der Waals surface area contributed by atoms with Crippen LogP contribution in [-0.2, 0) is 11.8 Å². The highest BCUT2D eigenvalue weighted by Gasteiger charge is 2.31. The number of aryl methyl sites for hydroxylation is 1. The van der Waals surface area contributed by atoms with Crippen LogP contribution in [0.25, 0.3) is 0 Å². The molecule has 1 rings (SSSR count). The average molecular weight is 315 g/mol. The molecule has 9 heteroatoms. The van der Waals surface area contributed by atoms with Crippen LogP contribution >= 0.6 is 11.8 Å². The topological polar surface area (TPSA) is 123 Å². The summed E-state index contributed by atoms with van der Waals surface area (Å²) in [6.45, 7) is 5.61. The number of carbonyl (C=O) groups excluding carboxylic acids is 1. The number of primary amides is 1. The normalized spacial score (nSPS) is 14.1. The second-order valence-corrected chi connectivity index (χ2v) is 6.36. The molecule has 0 fully saturated rings. The van der Waals surface area contributed by atoms with Gasteiger partial charge in [0.05, 0.1) is 5.54 Å². The molecule has 8 nitrogen and oxygen atoms in total. The molecule has 1 aromatic heterocycles. The molecule has 1 unspecified atom stereocenters. The lowest BCUT2D eigenvalue weighted by atomic mass is 9.97. The van der Waals surface area contributed by atoms with Crippen molar-refractivity contribution in [2.75, 3.05) is 5.75 Å². The summed E-state index contributed by atoms with van der Waals surface area (Å²) >= 11 is 1.28. The first-order valence-electron chi connectivity index (χ1n) is 6.53. The number of aromatic nitrogens is 3. The zero-order chi connectivity index (χ0) is 16.2. The second kappa shape index (κ2) is 6.90. The Morgan fingerprint density at radius 3 is 2.67 bits per heavy atom. The van der Waals surface area contributed by atoms with Crippen LogP contribution in [0.1, 0.15) is 27.2 Å². The molecule has 0 saturated carbocycles. The monoisotopic (exact) mass is 315 g/mol. The molecule has 0 aliphatic heterocycles. The number of nitrogens with one attached hydrogen (secondary N) is 2. The lowest BCUT2D eigenvalue weighted by Crippen LogP contribution is -2.55. The van der Waals surface area contributed by atoms with Crippen molar-refractivity contribution >= 4 is 17.7 Å². The van der Waals surface area contributed by atoms with Gasteiger partial charge in [0.25, 0.3) is 0 Å². The lowest BCUT2D eigenvalue weighted by Gasteiger charge is -2.29. The molecule has 0 aromatic carbocycles. The Kier molecular flexibility index (Phi) is 5.73. The van der Waals surface area contributed by atoms with Crippen molar-refractivity contribution in [2.24, 2.45) is 12.8 Å². The van der Waals surface area contributed by atoms with Crippen molar-refractivity contribution in [2.45, 2.75) is 43.9 Å². The van der Waals surface area contributed by atoms with Gasteiger partial charge in [0.2, 0.25) is 5.91 Å². The number of carbonyl (C=O) groups is 1. The average Bonchev–Trinajstić information content (AvgIpc) is 2.34. The number of amides is 1. The fourth-order valence-corrected chi connectivity index (χ4v) is 2.92. The molecular formula is C12H21N5O3S. The third-order valence-corrected chi connectivity index (χ3v) is 3.96. The van der Waals surface area contributed by atoms with Crippen LogP contribution in [0.5, 0.6) is 0 Å². The molecular weight excluding hydrogens is 294 g/mol. The van der Waals surface area contributed by atoms with Crippen molar-refractivity contribution in [1.82, 2.24) is 20.1 Å². The Hall–Kier alpha value is -1.61. The molecule has 0 spiro atoms. The highest BCUT2D eigenvalue weighted by atomic mass is 32.2. The molecule has 0 aliphatic rings. The molecule has 0 bridgehead atoms. The number of nitrogens with two attached hydrogens (primary N) is 1. The molecule has 0 aliphatic carbocycles. The van der Waals surface area contributed by atoms with Gasteiger partial charge in [-0.2, -0.15) is 4.98 Å². The predicted molar refractivity (Wildman–Crippen MR) is 81.3 cm³/mol. The van der Waals surface area contributed by atoms with Gasteiger partial charge in [0, 0.05) is 18.8 Å². The summed E-state index contributed by atoms with van der Waals surface area (Å²) in [5, 5.41) is 5.90. The van der Waals surface area contributed by atoms with E-state index in [0.29, 0.717) is 17.3 Å². The number of aromatic amines is 1. The van der Waals surface area contributed by atoms with Gasteiger partial charge in [-0.15, -0.1) is 0 Å². The molecule has 1 heterocycles. The zero-order valence-corrected chi connectivity index (χ0v) is 13.4. The number of thioether (sulfide) groups is 1. The first-order chi connectivity index (χ1) is 9.65. The van der Waals surface area contributed by atoms with E-state index in [1.807, 2.05) is 13.8 Å². The molecule has 0 saturated heterocycles. The molecule has 21 heavy (non-hydrogen) atoms. The van der Waals surface area contributed by atoms with E-state index in [9.17, 15) is 14.4 Å². The SMILES string of the molecule is CC(C)NC(C)(CCSc1nc(=O)c(=O)[nH]n1C)C(N)=O. The standard InChI is InChI=1S/C12H21N5O3S/c1-7(2)15-12(3,10(13)20)5-6-21-11-14-8(18)9(19)16-17(11)4/h7,15H,5-6H2,1-4H3,(H2,13,20)(H,16,19). The molecule has 4 N–H and O–H groups in total. The minimum atomic E-state index is -0.831. The Morgan fingerprint density at radius 1 is 1.52 bits per heavy atom. The summed E-state index contributed by atoms with van der Waals surface area (Å²) in [5.74, 6) is 0.0889. The Bertz CT molecular complexity index is 624. The number of hydrogen-bond donors (Lipinski definition) is 3. The van der Waals surface area contributed by atoms with Gasteiger partial charge in [-0.3, -0.25) is 24.2 Å². The number of nitrogens with zero attached hydrogens (tertiary/aromatic N) is 2. The number of H-pyrrole nitrogens is 1. The maximum atomic E-state index is 11.6. The van der Waals surface area contributed by atoms with Crippen LogP contribution in [0.3, 0.4) is 0 Å². The minimum absolute atomic E-state index is 0.114. The first kappa shape index (κ1) is 17.4. The van der Waals surface area contributed by atoms with Gasteiger partial charge in [-0.1, -0.05) is 11.8 Å². The molecule has 0 radical (unpaired) electrons. The van der Waals surface area contributed by atoms with Gasteiger partial charge in [0.15, 0.2) is 5.16 Å². The smallest absolute Gasteiger partial charge is 0.339 e. The lowest BCUT2D eigenvalue weighted by molar-refractivity contribution is -0.124. The fourth-order valence-electron chi connectivity index (χ4n) is 1.84. The van der Waals surface area contributed by atoms with E-state index in [0.717, 1.165) is 0 Å². The predicted octanol–water partition coefficient (Wildman–Crippen LogP) is -0.807. The highest BCUT2D eigenvalue weighted by Crippen LogP contribution is 2.19. The van der Waals surface area contributed by atoms with Crippen LogP contribution in [0, 0.1) is 0 Å². The molecule has 1 aromatic rings. The van der Waals surface area contributed by atoms with Crippen molar-refractivity contribution < 1.29 is 4.79 Å². The quantitative estimate of drug-likeness (QED) is 0.447. The minimum Gasteiger partial charge on any atom is -0.368 e. The van der Waals surface area contributed by atoms with Crippen LogP contribution in [0.15, 0.2) is 14.7 Å². The van der Waals surface area contributed by atoms with Gasteiger partial charge in [-0.05, 0) is 27.2 Å². The van der Waals surface area contributed by atoms with E-state index in [1.165, 1.54) is 16.4 Å². The summed E-state index contributed by atoms with van der Waals surface area (Å²) in [6.07, 6.45) is 0.472. The highest BCUT2D eigenvalue weighted by molar-refractivity contribution is 7.99. The number of hydrogen-bond acceptors (Lipinski definition) is 6. The Labute approximate surface area is 126 Å². The molecule has 118 valence electrons. The van der Waals surface area contributed by atoms with E-state index >= 15 is 0 Å². The van der Waals surface area contributed by atoms with Crippen LogP contribution in [0.4, 0.5) is 0 Å². The summed E-state index contributed by atoms with van der Waals surface area (Å²) in [7, 11) is 1.59. The van der Waals surface area contributed by atoms with Gasteiger partial charge in [0.1, 0.15) is 0 Å². The van der Waals surface area contributed by atoms with Crippen LogP contribution in [-0.4, -0.2) is 38.0 Å². The summed E-state index contributed by atoms with van der Waals surface area (Å²) in [4.78, 5) is 37.6. The summed E-state index contributed by atoms with van der Waals surface area (Å²) in [5.41, 5.74) is 3.03. The summed E-state index contributed by atoms with van der Waals surface area (Å²) < 4.78 is 1.38. The third kappa shape index (κ3) is 4.71. The van der Waals surface area contributed by atoms with Crippen molar-refractivity contribution in [3.8, 4) is 0 Å². The van der Waals surface area contributed by atoms with Crippen molar-refractivity contribution in [3.05, 3.63) is 20.7 Å². The largest absolute Gasteiger partial charge is 0.368 e. The Morgan fingerprint density at radius 2 is 2.14 bits per heavy atom. The van der Waals surface area contributed by atoms with E-state index in [-0.39, 0.29) is 6.04 Å². The molecule has 1 amide bonds. The van der Waals surface area contributed by atoms with Gasteiger partial charge >= 0.3 is 11.1 Å². The summed E-state index contributed by atoms with van der Waals surface area (Å²) in [6, 6.07) is 0.114. The molecule has 1 atom stereocenters. The van der Waals surface area contributed by atoms with Crippen LogP contribution < -0.4 is 22.2 Å². The van der Waals surface area contributed by atoms with E-state index in [2.05, 4.69) is 15.4 Å². The second-order valence-electron chi connectivity index (χ2n) is 5.29. The van der Waals surface area contributed by atoms with Crippen molar-refractivity contribution in [1.29, 1.82) is 0 Å². The zero-order valence-electron chi connectivity index (χ0n) is 12.6. The number of rotatable bonds is 7. The first-order valence-corrected chi connectivity index (χ1v) is 7.52. The fraction of sp³-hybridized carbons (Fsp3) is 0.667. The van der Waals surface area contributed by atoms with Crippen LogP contribution in [0.2, 0.25) is 0 Å². The van der Waals surface area contributed by atoms with Crippen molar-refractivity contribution in [3.63, 3.8) is 0 Å². The Balaban J connectivity index is 2.75.